The van der Waals surface area contributed by atoms with E-state index in [2.05, 4.69) is 40.5 Å². The number of nitrogens with zero attached hydrogens (tertiary/aromatic N) is 2. The Kier molecular flexibility index (Phi) is 6.25. The molecule has 4 atom stereocenters. The molecule has 3 fully saturated rings. The molecule has 0 radical (unpaired) electrons. The number of carbonyl (C=O) groups is 3. The van der Waals surface area contributed by atoms with Gasteiger partial charge in [-0.3, -0.25) is 24.6 Å². The largest absolute Gasteiger partial charge is 0.489 e. The number of fused-ring (bicyclic) bond motifs is 1. The minimum Gasteiger partial charge on any atom is -0.489 e. The van der Waals surface area contributed by atoms with Gasteiger partial charge in [0.25, 0.3) is 5.91 Å². The summed E-state index contributed by atoms with van der Waals surface area (Å²) in [5.41, 5.74) is 2.94. The number of piperidine rings is 1. The van der Waals surface area contributed by atoms with Crippen molar-refractivity contribution in [3.8, 4) is 5.75 Å². The van der Waals surface area contributed by atoms with E-state index in [1.54, 1.807) is 4.90 Å². The summed E-state index contributed by atoms with van der Waals surface area (Å²) in [5, 5.41) is 2.36. The van der Waals surface area contributed by atoms with E-state index in [0.717, 1.165) is 37.2 Å². The molecule has 0 bridgehead atoms. The van der Waals surface area contributed by atoms with E-state index in [-0.39, 0.29) is 30.2 Å². The molecule has 7 nitrogen and oxygen atoms in total. The van der Waals surface area contributed by atoms with Crippen LogP contribution in [0.3, 0.4) is 0 Å². The monoisotopic (exact) mass is 487 g/mol. The van der Waals surface area contributed by atoms with Crippen molar-refractivity contribution < 1.29 is 19.1 Å². The Hall–Kier alpha value is -3.19. The minimum atomic E-state index is -0.595. The molecule has 1 N–H and O–H groups in total. The van der Waals surface area contributed by atoms with Gasteiger partial charge in [-0.25, -0.2) is 0 Å². The number of ether oxygens (including phenoxy) is 1. The third kappa shape index (κ3) is 4.41. The molecule has 2 saturated heterocycles. The van der Waals surface area contributed by atoms with Crippen molar-refractivity contribution in [1.29, 1.82) is 0 Å². The lowest BCUT2D eigenvalue weighted by molar-refractivity contribution is -0.136. The van der Waals surface area contributed by atoms with Crippen LogP contribution in [0.1, 0.15) is 72.3 Å². The standard InChI is InChI=1S/C29H33N3O4/c33-27-13-12-25(28(34)30-27)32-18-21-16-22(10-11-23(21)29(32)35)36-26-9-5-4-8-24(26)31-15-14-20(17-31)19-6-2-1-3-7-19/h1-3,6-7,10-11,16,20,24-26H,4-5,8-9,12-15,17-18H2,(H,30,33,34)/t20-,24-,25?,26-/m1/s1. The van der Waals surface area contributed by atoms with Crippen LogP contribution < -0.4 is 10.1 Å². The second kappa shape index (κ2) is 9.69. The zero-order valence-corrected chi connectivity index (χ0v) is 20.5. The Morgan fingerprint density at radius 3 is 2.58 bits per heavy atom. The van der Waals surface area contributed by atoms with E-state index in [4.69, 9.17) is 4.74 Å². The van der Waals surface area contributed by atoms with E-state index in [0.29, 0.717) is 30.5 Å². The van der Waals surface area contributed by atoms with Gasteiger partial charge in [-0.15, -0.1) is 0 Å². The molecule has 7 heteroatoms. The molecule has 6 rings (SSSR count). The van der Waals surface area contributed by atoms with E-state index in [9.17, 15) is 14.4 Å². The summed E-state index contributed by atoms with van der Waals surface area (Å²) in [6, 6.07) is 16.3. The van der Waals surface area contributed by atoms with Gasteiger partial charge in [-0.1, -0.05) is 36.8 Å². The van der Waals surface area contributed by atoms with Crippen molar-refractivity contribution in [2.45, 2.75) is 75.6 Å². The second-order valence-electron chi connectivity index (χ2n) is 10.6. The molecule has 2 aromatic carbocycles. The zero-order chi connectivity index (χ0) is 24.6. The first-order valence-corrected chi connectivity index (χ1v) is 13.3. The van der Waals surface area contributed by atoms with Crippen molar-refractivity contribution in [2.75, 3.05) is 13.1 Å². The second-order valence-corrected chi connectivity index (χ2v) is 10.6. The van der Waals surface area contributed by atoms with E-state index >= 15 is 0 Å². The fourth-order valence-corrected chi connectivity index (χ4v) is 6.52. The third-order valence-electron chi connectivity index (χ3n) is 8.41. The summed E-state index contributed by atoms with van der Waals surface area (Å²) in [6.45, 7) is 2.55. The quantitative estimate of drug-likeness (QED) is 0.652. The van der Waals surface area contributed by atoms with Gasteiger partial charge in [0.05, 0.1) is 0 Å². The van der Waals surface area contributed by atoms with Gasteiger partial charge < -0.3 is 9.64 Å². The van der Waals surface area contributed by atoms with Crippen LogP contribution >= 0.6 is 0 Å². The number of hydrogen-bond donors (Lipinski definition) is 1. The van der Waals surface area contributed by atoms with Gasteiger partial charge >= 0.3 is 0 Å². The number of nitrogens with one attached hydrogen (secondary N) is 1. The normalized spacial score (nSPS) is 28.8. The van der Waals surface area contributed by atoms with Crippen molar-refractivity contribution >= 4 is 17.7 Å². The highest BCUT2D eigenvalue weighted by Crippen LogP contribution is 2.36. The smallest absolute Gasteiger partial charge is 0.255 e. The molecular weight excluding hydrogens is 454 g/mol. The molecule has 3 aliphatic heterocycles. The van der Waals surface area contributed by atoms with Crippen molar-refractivity contribution in [1.82, 2.24) is 15.1 Å². The summed E-state index contributed by atoms with van der Waals surface area (Å²) in [7, 11) is 0. The summed E-state index contributed by atoms with van der Waals surface area (Å²) in [6.07, 6.45) is 6.54. The molecule has 1 saturated carbocycles. The average Bonchev–Trinajstić information content (AvgIpc) is 3.50. The minimum absolute atomic E-state index is 0.134. The lowest BCUT2D eigenvalue weighted by atomic mass is 9.91. The predicted molar refractivity (Wildman–Crippen MR) is 135 cm³/mol. The third-order valence-corrected chi connectivity index (χ3v) is 8.41. The number of carbonyl (C=O) groups excluding carboxylic acids is 3. The predicted octanol–water partition coefficient (Wildman–Crippen LogP) is 3.63. The Morgan fingerprint density at radius 2 is 1.75 bits per heavy atom. The van der Waals surface area contributed by atoms with E-state index in [1.807, 2.05) is 18.2 Å². The van der Waals surface area contributed by atoms with Gasteiger partial charge in [-0.2, -0.15) is 0 Å². The molecule has 0 spiro atoms. The van der Waals surface area contributed by atoms with Crippen LogP contribution in [0.25, 0.3) is 0 Å². The number of imide groups is 1. The lowest BCUT2D eigenvalue weighted by Gasteiger charge is -2.38. The van der Waals surface area contributed by atoms with E-state index < -0.39 is 6.04 Å². The lowest BCUT2D eigenvalue weighted by Crippen LogP contribution is -2.52. The average molecular weight is 488 g/mol. The molecule has 1 aliphatic carbocycles. The Labute approximate surface area is 211 Å². The first-order valence-electron chi connectivity index (χ1n) is 13.3. The van der Waals surface area contributed by atoms with Gasteiger partial charge in [0.2, 0.25) is 11.8 Å². The Bertz CT molecular complexity index is 1170. The van der Waals surface area contributed by atoms with Gasteiger partial charge in [0.1, 0.15) is 17.9 Å². The van der Waals surface area contributed by atoms with Crippen LogP contribution in [-0.2, 0) is 16.1 Å². The maximum absolute atomic E-state index is 13.0. The fraction of sp³-hybridized carbons (Fsp3) is 0.483. The van der Waals surface area contributed by atoms with Crippen LogP contribution in [0, 0.1) is 0 Å². The van der Waals surface area contributed by atoms with Crippen molar-refractivity contribution in [3.63, 3.8) is 0 Å². The first kappa shape index (κ1) is 23.2. The highest BCUT2D eigenvalue weighted by atomic mass is 16.5. The van der Waals surface area contributed by atoms with Crippen molar-refractivity contribution in [3.05, 3.63) is 65.2 Å². The molecule has 0 aromatic heterocycles. The summed E-state index contributed by atoms with van der Waals surface area (Å²) >= 11 is 0. The Morgan fingerprint density at radius 1 is 0.917 bits per heavy atom. The molecular formula is C29H33N3O4. The number of hydrogen-bond acceptors (Lipinski definition) is 5. The Balaban J connectivity index is 1.14. The van der Waals surface area contributed by atoms with Crippen LogP contribution in [0.5, 0.6) is 5.75 Å². The number of rotatable bonds is 5. The van der Waals surface area contributed by atoms with Gasteiger partial charge in [0, 0.05) is 31.1 Å². The highest BCUT2D eigenvalue weighted by Gasteiger charge is 2.40. The molecule has 2 aromatic rings. The SMILES string of the molecule is O=C1CCC(N2Cc3cc(O[C@@H]4CCCC[C@H]4N4CC[C@@H](c5ccccc5)C4)ccc3C2=O)C(=O)N1. The molecule has 3 heterocycles. The highest BCUT2D eigenvalue weighted by molar-refractivity contribution is 6.05. The summed E-state index contributed by atoms with van der Waals surface area (Å²) in [4.78, 5) is 41.1. The van der Waals surface area contributed by atoms with Crippen LogP contribution in [-0.4, -0.2) is 58.8 Å². The first-order chi connectivity index (χ1) is 17.6. The number of amides is 3. The summed E-state index contributed by atoms with van der Waals surface area (Å²) in [5.74, 6) is 0.575. The van der Waals surface area contributed by atoms with Crippen LogP contribution in [0.2, 0.25) is 0 Å². The van der Waals surface area contributed by atoms with Gasteiger partial charge in [-0.05, 0) is 73.9 Å². The molecule has 4 aliphatic rings. The molecule has 188 valence electrons. The topological polar surface area (TPSA) is 79.0 Å². The molecule has 1 unspecified atom stereocenters. The fourth-order valence-electron chi connectivity index (χ4n) is 6.52. The van der Waals surface area contributed by atoms with Gasteiger partial charge in [0.15, 0.2) is 0 Å². The van der Waals surface area contributed by atoms with Crippen LogP contribution in [0.4, 0.5) is 0 Å². The molecule has 36 heavy (non-hydrogen) atoms. The summed E-state index contributed by atoms with van der Waals surface area (Å²) < 4.78 is 6.60. The number of benzene rings is 2. The zero-order valence-electron chi connectivity index (χ0n) is 20.5. The number of likely N-dealkylation sites (tertiary alicyclic amines) is 1. The van der Waals surface area contributed by atoms with Crippen molar-refractivity contribution in [2.24, 2.45) is 0 Å². The maximum atomic E-state index is 13.0. The van der Waals surface area contributed by atoms with Crippen LogP contribution in [0.15, 0.2) is 48.5 Å². The van der Waals surface area contributed by atoms with E-state index in [1.165, 1.54) is 24.8 Å². The molecule has 3 amide bonds. The maximum Gasteiger partial charge on any atom is 0.255 e.